The van der Waals surface area contributed by atoms with Crippen molar-refractivity contribution >= 4 is 23.3 Å². The molecule has 0 unspecified atom stereocenters. The first kappa shape index (κ1) is 19.4. The molecule has 0 aromatic heterocycles. The number of fused-ring (bicyclic) bond motifs is 1. The molecule has 1 N–H and O–H groups in total. The van der Waals surface area contributed by atoms with Crippen LogP contribution in [0.3, 0.4) is 0 Å². The molecular formula is C20H27N3O4. The van der Waals surface area contributed by atoms with Crippen molar-refractivity contribution in [1.29, 1.82) is 0 Å². The lowest BCUT2D eigenvalue weighted by molar-refractivity contribution is -0.122. The molecular weight excluding hydrogens is 346 g/mol. The third kappa shape index (κ3) is 5.07. The van der Waals surface area contributed by atoms with E-state index in [-0.39, 0.29) is 24.2 Å². The van der Waals surface area contributed by atoms with Gasteiger partial charge in [-0.15, -0.1) is 0 Å². The van der Waals surface area contributed by atoms with Gasteiger partial charge in [0.1, 0.15) is 5.75 Å². The molecule has 0 saturated carbocycles. The Morgan fingerprint density at radius 1 is 1.19 bits per heavy atom. The number of hydrogen-bond acceptors (Lipinski definition) is 5. The third-order valence-electron chi connectivity index (χ3n) is 5.04. The highest BCUT2D eigenvalue weighted by Crippen LogP contribution is 2.33. The van der Waals surface area contributed by atoms with Gasteiger partial charge in [0.15, 0.2) is 12.4 Å². The minimum absolute atomic E-state index is 0.00705. The molecule has 146 valence electrons. The number of hydrogen-bond donors (Lipinski definition) is 1. The molecule has 1 fully saturated rings. The van der Waals surface area contributed by atoms with E-state index in [1.807, 2.05) is 0 Å². The van der Waals surface area contributed by atoms with Crippen molar-refractivity contribution in [1.82, 2.24) is 10.2 Å². The number of rotatable bonds is 8. The number of ether oxygens (including phenoxy) is 1. The number of Topliss-reactive ketones (excluding diaryl/α,β-unsaturated/α-hetero) is 1. The number of likely N-dealkylation sites (tertiary alicyclic amines) is 1. The lowest BCUT2D eigenvalue weighted by atomic mass is 10.1. The number of amides is 2. The number of carbonyl (C=O) groups excluding carboxylic acids is 3. The molecule has 7 heteroatoms. The van der Waals surface area contributed by atoms with E-state index < -0.39 is 0 Å². The van der Waals surface area contributed by atoms with Crippen LogP contribution in [0.2, 0.25) is 0 Å². The van der Waals surface area contributed by atoms with Crippen molar-refractivity contribution < 1.29 is 19.1 Å². The SMILES string of the molecule is CC(=O)c1ccc2c(c1)N(CCCC(=O)NCCN1CCCC1)C(=O)CO2. The Hall–Kier alpha value is -2.41. The molecule has 1 aromatic rings. The molecule has 0 bridgehead atoms. The average molecular weight is 373 g/mol. The summed E-state index contributed by atoms with van der Waals surface area (Å²) in [6.45, 7) is 5.71. The van der Waals surface area contributed by atoms with E-state index in [0.717, 1.165) is 19.6 Å². The van der Waals surface area contributed by atoms with E-state index in [1.54, 1.807) is 23.1 Å². The first-order valence-corrected chi connectivity index (χ1v) is 9.62. The fourth-order valence-electron chi connectivity index (χ4n) is 3.51. The van der Waals surface area contributed by atoms with E-state index >= 15 is 0 Å². The number of benzene rings is 1. The van der Waals surface area contributed by atoms with Gasteiger partial charge in [0.25, 0.3) is 5.91 Å². The van der Waals surface area contributed by atoms with E-state index in [9.17, 15) is 14.4 Å². The Morgan fingerprint density at radius 3 is 2.70 bits per heavy atom. The lowest BCUT2D eigenvalue weighted by Gasteiger charge is -2.29. The first-order valence-electron chi connectivity index (χ1n) is 9.62. The predicted octanol–water partition coefficient (Wildman–Crippen LogP) is 1.61. The Kier molecular flexibility index (Phi) is 6.45. The van der Waals surface area contributed by atoms with Crippen LogP contribution < -0.4 is 15.0 Å². The Balaban J connectivity index is 1.48. The van der Waals surface area contributed by atoms with Crippen molar-refractivity contribution in [3.63, 3.8) is 0 Å². The predicted molar refractivity (Wildman–Crippen MR) is 102 cm³/mol. The van der Waals surface area contributed by atoms with Crippen molar-refractivity contribution in [3.8, 4) is 5.75 Å². The van der Waals surface area contributed by atoms with Crippen LogP contribution in [0.4, 0.5) is 5.69 Å². The van der Waals surface area contributed by atoms with Gasteiger partial charge in [0, 0.05) is 31.6 Å². The van der Waals surface area contributed by atoms with Crippen LogP contribution in [-0.4, -0.2) is 61.8 Å². The topological polar surface area (TPSA) is 79.0 Å². The summed E-state index contributed by atoms with van der Waals surface area (Å²) in [5.41, 5.74) is 1.14. The van der Waals surface area contributed by atoms with Crippen LogP contribution in [0, 0.1) is 0 Å². The van der Waals surface area contributed by atoms with Crippen molar-refractivity contribution in [2.75, 3.05) is 44.2 Å². The maximum atomic E-state index is 12.2. The van der Waals surface area contributed by atoms with Crippen LogP contribution in [0.15, 0.2) is 18.2 Å². The molecule has 0 aliphatic carbocycles. The van der Waals surface area contributed by atoms with Gasteiger partial charge in [-0.1, -0.05) is 0 Å². The minimum Gasteiger partial charge on any atom is -0.482 e. The van der Waals surface area contributed by atoms with Crippen LogP contribution in [0.25, 0.3) is 0 Å². The normalized spacial score (nSPS) is 16.8. The molecule has 27 heavy (non-hydrogen) atoms. The average Bonchev–Trinajstić information content (AvgIpc) is 3.16. The molecule has 2 amide bonds. The molecule has 2 aliphatic rings. The summed E-state index contributed by atoms with van der Waals surface area (Å²) in [5, 5.41) is 2.95. The Morgan fingerprint density at radius 2 is 1.96 bits per heavy atom. The molecule has 3 rings (SSSR count). The highest BCUT2D eigenvalue weighted by atomic mass is 16.5. The molecule has 2 aliphatic heterocycles. The monoisotopic (exact) mass is 373 g/mol. The molecule has 7 nitrogen and oxygen atoms in total. The number of carbonyl (C=O) groups is 3. The van der Waals surface area contributed by atoms with Gasteiger partial charge in [-0.2, -0.15) is 0 Å². The molecule has 1 saturated heterocycles. The maximum absolute atomic E-state index is 12.2. The van der Waals surface area contributed by atoms with Gasteiger partial charge in [-0.25, -0.2) is 0 Å². The van der Waals surface area contributed by atoms with Crippen molar-refractivity contribution in [2.24, 2.45) is 0 Å². The second kappa shape index (κ2) is 8.99. The van der Waals surface area contributed by atoms with E-state index in [1.165, 1.54) is 19.8 Å². The third-order valence-corrected chi connectivity index (χ3v) is 5.04. The van der Waals surface area contributed by atoms with Gasteiger partial charge in [0.05, 0.1) is 5.69 Å². The van der Waals surface area contributed by atoms with Crippen LogP contribution in [0.5, 0.6) is 5.75 Å². The van der Waals surface area contributed by atoms with Crippen LogP contribution in [0.1, 0.15) is 43.0 Å². The quantitative estimate of drug-likeness (QED) is 0.701. The summed E-state index contributed by atoms with van der Waals surface area (Å²) in [4.78, 5) is 39.9. The van der Waals surface area contributed by atoms with E-state index in [2.05, 4.69) is 10.2 Å². The van der Waals surface area contributed by atoms with Gasteiger partial charge >= 0.3 is 0 Å². The number of anilines is 1. The second-order valence-electron chi connectivity index (χ2n) is 7.07. The summed E-state index contributed by atoms with van der Waals surface area (Å²) in [6, 6.07) is 5.10. The van der Waals surface area contributed by atoms with Gasteiger partial charge in [-0.05, 0) is 57.5 Å². The summed E-state index contributed by atoms with van der Waals surface area (Å²) in [6.07, 6.45) is 3.42. The fourth-order valence-corrected chi connectivity index (χ4v) is 3.51. The maximum Gasteiger partial charge on any atom is 0.265 e. The van der Waals surface area contributed by atoms with Gasteiger partial charge < -0.3 is 19.9 Å². The fraction of sp³-hybridized carbons (Fsp3) is 0.550. The number of nitrogens with one attached hydrogen (secondary N) is 1. The molecule has 2 heterocycles. The van der Waals surface area contributed by atoms with Crippen molar-refractivity contribution in [2.45, 2.75) is 32.6 Å². The van der Waals surface area contributed by atoms with Crippen molar-refractivity contribution in [3.05, 3.63) is 23.8 Å². The van der Waals surface area contributed by atoms with E-state index in [4.69, 9.17) is 4.74 Å². The summed E-state index contributed by atoms with van der Waals surface area (Å²) in [5.74, 6) is 0.382. The zero-order valence-electron chi connectivity index (χ0n) is 15.8. The molecule has 0 atom stereocenters. The standard InChI is InChI=1S/C20H27N3O4/c1-15(24)16-6-7-18-17(13-16)23(20(26)14-27-18)11-4-5-19(25)21-8-12-22-9-2-3-10-22/h6-7,13H,2-5,8-12,14H2,1H3,(H,21,25). The van der Waals surface area contributed by atoms with E-state index in [0.29, 0.717) is 42.9 Å². The summed E-state index contributed by atoms with van der Waals surface area (Å²) < 4.78 is 5.44. The number of nitrogens with zero attached hydrogens (tertiary/aromatic N) is 2. The highest BCUT2D eigenvalue weighted by molar-refractivity contribution is 6.01. The Labute approximate surface area is 159 Å². The molecule has 1 aromatic carbocycles. The van der Waals surface area contributed by atoms with Crippen LogP contribution >= 0.6 is 0 Å². The second-order valence-corrected chi connectivity index (χ2v) is 7.07. The zero-order valence-corrected chi connectivity index (χ0v) is 15.8. The lowest BCUT2D eigenvalue weighted by Crippen LogP contribution is -2.40. The summed E-state index contributed by atoms with van der Waals surface area (Å²) >= 11 is 0. The molecule has 0 spiro atoms. The van der Waals surface area contributed by atoms with Crippen LogP contribution in [-0.2, 0) is 9.59 Å². The number of ketones is 1. The first-order chi connectivity index (χ1) is 13.0. The highest BCUT2D eigenvalue weighted by Gasteiger charge is 2.26. The largest absolute Gasteiger partial charge is 0.482 e. The molecule has 0 radical (unpaired) electrons. The Bertz CT molecular complexity index is 713. The smallest absolute Gasteiger partial charge is 0.265 e. The minimum atomic E-state index is -0.155. The van der Waals surface area contributed by atoms with Gasteiger partial charge in [0.2, 0.25) is 5.91 Å². The summed E-state index contributed by atoms with van der Waals surface area (Å²) in [7, 11) is 0. The zero-order chi connectivity index (χ0) is 19.2. The van der Waals surface area contributed by atoms with Gasteiger partial charge in [-0.3, -0.25) is 14.4 Å².